The summed E-state index contributed by atoms with van der Waals surface area (Å²) >= 11 is 0. The first-order valence-corrected chi connectivity index (χ1v) is 50.8. The van der Waals surface area contributed by atoms with Gasteiger partial charge in [0.05, 0.1) is 11.9 Å². The van der Waals surface area contributed by atoms with Crippen molar-refractivity contribution in [1.82, 2.24) is 0 Å². The van der Waals surface area contributed by atoms with Crippen LogP contribution in [0.5, 0.6) is 0 Å². The maximum Gasteiger partial charge on any atom is 0.305 e. The van der Waals surface area contributed by atoms with Gasteiger partial charge in [0.25, 0.3) is 0 Å². The van der Waals surface area contributed by atoms with E-state index in [-0.39, 0.29) is 162 Å². The molecule has 0 aliphatic rings. The molecule has 0 aliphatic carbocycles. The Morgan fingerprint density at radius 1 is 0.184 bits per heavy atom. The zero-order valence-electron chi connectivity index (χ0n) is 81.3. The van der Waals surface area contributed by atoms with Crippen LogP contribution in [0.4, 0.5) is 0 Å². The lowest BCUT2D eigenvalue weighted by Crippen LogP contribution is -2.44. The van der Waals surface area contributed by atoms with Gasteiger partial charge in [0.2, 0.25) is 0 Å². The van der Waals surface area contributed by atoms with Crippen molar-refractivity contribution in [2.24, 2.45) is 5.41 Å². The fraction of sp³-hybridized carbons (Fsp3) is 0.873. The Morgan fingerprint density at radius 2 is 0.336 bits per heavy atom. The van der Waals surface area contributed by atoms with Gasteiger partial charge in [-0.2, -0.15) is 0 Å². The molecule has 0 spiro atoms. The van der Waals surface area contributed by atoms with Crippen molar-refractivity contribution in [2.75, 3.05) is 26.4 Å². The average Bonchev–Trinajstić information content (AvgIpc) is 0.849. The van der Waals surface area contributed by atoms with Gasteiger partial charge in [0.1, 0.15) is 74.6 Å². The van der Waals surface area contributed by atoms with E-state index >= 15 is 0 Å². The topological polar surface area (TPSA) is 299 Å². The average molecular weight is 1780 g/mol. The molecule has 0 aromatic rings. The predicted octanol–water partition coefficient (Wildman–Crippen LogP) is 25.6. The van der Waals surface area contributed by atoms with Gasteiger partial charge in [-0.3, -0.25) is 52.7 Å². The van der Waals surface area contributed by atoms with Crippen molar-refractivity contribution in [3.63, 3.8) is 0 Å². The second-order valence-corrected chi connectivity index (χ2v) is 35.0. The van der Waals surface area contributed by atoms with Crippen LogP contribution in [0.15, 0.2) is 12.3 Å². The number of carbonyl (C=O) groups excluding carboxylic acids is 11. The highest BCUT2D eigenvalue weighted by atomic mass is 16.6. The molecule has 23 heteroatoms. The second-order valence-electron chi connectivity index (χ2n) is 35.0. The Kier molecular flexibility index (Phi) is 78.0. The lowest BCUT2D eigenvalue weighted by atomic mass is 9.92. The molecule has 0 fully saturated rings. The van der Waals surface area contributed by atoms with Crippen LogP contribution in [0.3, 0.4) is 0 Å². The van der Waals surface area contributed by atoms with E-state index in [4.69, 9.17) is 56.8 Å². The first-order valence-electron chi connectivity index (χ1n) is 50.8. The summed E-state index contributed by atoms with van der Waals surface area (Å²) in [5.41, 5.74) is -1.49. The minimum atomic E-state index is -1.49. The summed E-state index contributed by atoms with van der Waals surface area (Å²) < 4.78 is 71.6. The highest BCUT2D eigenvalue weighted by molar-refractivity contribution is 5.73. The van der Waals surface area contributed by atoms with E-state index in [2.05, 4.69) is 34.3 Å². The molecular formula is C102H182O23. The number of unbranched alkanes of at least 4 members (excludes halogenated alkanes) is 28. The lowest BCUT2D eigenvalue weighted by molar-refractivity contribution is -0.171. The van der Waals surface area contributed by atoms with Gasteiger partial charge < -0.3 is 56.8 Å². The van der Waals surface area contributed by atoms with Gasteiger partial charge in [0.15, 0.2) is 0 Å². The Balaban J connectivity index is 6.82. The molecule has 0 N–H and O–H groups in total. The third kappa shape index (κ3) is 70.3. The van der Waals surface area contributed by atoms with Crippen molar-refractivity contribution in [3.05, 3.63) is 12.3 Å². The van der Waals surface area contributed by atoms with E-state index in [0.717, 1.165) is 224 Å². The largest absolute Gasteiger partial charge is 0.495 e. The van der Waals surface area contributed by atoms with Crippen molar-refractivity contribution >= 4 is 65.7 Å². The number of esters is 11. The lowest BCUT2D eigenvalue weighted by Gasteiger charge is -2.31. The van der Waals surface area contributed by atoms with Crippen LogP contribution < -0.4 is 0 Å². The molecule has 8 atom stereocenters. The van der Waals surface area contributed by atoms with E-state index in [1.807, 2.05) is 6.92 Å². The fourth-order valence-corrected chi connectivity index (χ4v) is 15.1. The van der Waals surface area contributed by atoms with E-state index < -0.39 is 29.3 Å². The molecular weight excluding hydrogens is 1590 g/mol. The van der Waals surface area contributed by atoms with Crippen LogP contribution in [-0.2, 0) is 110 Å². The zero-order chi connectivity index (χ0) is 92.6. The summed E-state index contributed by atoms with van der Waals surface area (Å²) in [6, 6.07) is 0. The van der Waals surface area contributed by atoms with Crippen LogP contribution in [0.1, 0.15) is 494 Å². The van der Waals surface area contributed by atoms with Gasteiger partial charge in [-0.05, 0) is 180 Å². The number of hydrogen-bond acceptors (Lipinski definition) is 23. The van der Waals surface area contributed by atoms with Crippen molar-refractivity contribution in [1.29, 1.82) is 0 Å². The Bertz CT molecular complexity index is 2400. The third-order valence-corrected chi connectivity index (χ3v) is 23.4. The maximum atomic E-state index is 13.9. The molecule has 0 aromatic carbocycles. The number of rotatable bonds is 89. The molecule has 0 saturated carbocycles. The summed E-state index contributed by atoms with van der Waals surface area (Å²) in [4.78, 5) is 143. The predicted molar refractivity (Wildman–Crippen MR) is 493 cm³/mol. The van der Waals surface area contributed by atoms with Crippen LogP contribution in [0.2, 0.25) is 0 Å². The SMILES string of the molecule is C=C(CC)OC(CCCCCC)CCC(CCCCCCCC(=O)OCC(COC(=O)CCCCCCCC(CCC(CCCCCC)OC(=O)CC)OC(=O)CC)(COC(=O)CCCCCCCC(CCC(CCCCCC)OC(=O)CC)OC(=O)CC)COC(=O)CCCCCCCC(CCC(CCCCCC)OC(=O)CC)OC(=O)CC)OC(=O)CC. The van der Waals surface area contributed by atoms with Gasteiger partial charge in [0, 0.05) is 77.0 Å². The minimum absolute atomic E-state index is 0.0129. The normalized spacial score (nSPS) is 13.7. The van der Waals surface area contributed by atoms with Crippen LogP contribution in [-0.4, -0.2) is 141 Å². The second kappa shape index (κ2) is 82.1. The number of hydrogen-bond donors (Lipinski definition) is 0. The monoisotopic (exact) mass is 1780 g/mol. The molecule has 0 rings (SSSR count). The minimum Gasteiger partial charge on any atom is -0.495 e. The number of allylic oxidation sites excluding steroid dienone is 1. The van der Waals surface area contributed by atoms with E-state index in [1.165, 1.54) is 6.42 Å². The summed E-state index contributed by atoms with van der Waals surface area (Å²) in [6.07, 6.45) is 44.0. The molecule has 0 aliphatic heterocycles. The molecule has 125 heavy (non-hydrogen) atoms. The molecule has 728 valence electrons. The van der Waals surface area contributed by atoms with Crippen LogP contribution >= 0.6 is 0 Å². The molecule has 0 bridgehead atoms. The fourth-order valence-electron chi connectivity index (χ4n) is 15.1. The maximum absolute atomic E-state index is 13.9. The van der Waals surface area contributed by atoms with Crippen LogP contribution in [0.25, 0.3) is 0 Å². The molecule has 23 nitrogen and oxygen atoms in total. The Labute approximate surface area is 758 Å². The molecule has 0 aromatic heterocycles. The zero-order valence-corrected chi connectivity index (χ0v) is 81.3. The Hall–Kier alpha value is -6.29. The van der Waals surface area contributed by atoms with Crippen LogP contribution in [0, 0.1) is 5.41 Å². The smallest absolute Gasteiger partial charge is 0.305 e. The summed E-state index contributed by atoms with van der Waals surface area (Å²) in [6.45, 7) is 25.7. The number of carbonyl (C=O) groups is 11. The van der Waals surface area contributed by atoms with Gasteiger partial charge in [-0.1, -0.05) is 244 Å². The van der Waals surface area contributed by atoms with Gasteiger partial charge in [-0.15, -0.1) is 0 Å². The summed E-state index contributed by atoms with van der Waals surface area (Å²) in [5, 5.41) is 0. The summed E-state index contributed by atoms with van der Waals surface area (Å²) in [5.74, 6) is -3.06. The first kappa shape index (κ1) is 119. The summed E-state index contributed by atoms with van der Waals surface area (Å²) in [7, 11) is 0. The quantitative estimate of drug-likeness (QED) is 0.0236. The van der Waals surface area contributed by atoms with Gasteiger partial charge in [-0.25, -0.2) is 0 Å². The van der Waals surface area contributed by atoms with E-state index in [9.17, 15) is 52.7 Å². The standard InChI is InChI=1S/C102H182O23/c1-14-26-30-46-58-83(118-82(13)18-5)70-71-87(122-94(106)22-9)62-50-38-34-42-54-66-98(110)114-78-102(79-115-99(111)67-55-43-35-39-51-63-88(123-95(107)23-10)75-72-84(119-91(103)19-6)59-47-31-27-15-2,80-116-100(112)68-56-44-36-40-52-64-89(124-96(108)24-11)76-73-85(120-92(104)20-7)60-48-32-28-16-3)81-117-101(113)69-57-45-37-41-53-65-90(125-97(109)25-12)77-74-86(121-93(105)21-8)61-49-33-29-17-4/h83-90H,13-81H2,1-12H3. The van der Waals surface area contributed by atoms with E-state index in [1.54, 1.807) is 48.5 Å². The molecule has 0 amide bonds. The molecule has 0 saturated heterocycles. The number of ether oxygens (including phenoxy) is 12. The van der Waals surface area contributed by atoms with Crippen molar-refractivity contribution in [3.8, 4) is 0 Å². The molecule has 8 unspecified atom stereocenters. The highest BCUT2D eigenvalue weighted by Crippen LogP contribution is 2.29. The Morgan fingerprint density at radius 3 is 0.496 bits per heavy atom. The van der Waals surface area contributed by atoms with Crippen molar-refractivity contribution < 1.29 is 110 Å². The van der Waals surface area contributed by atoms with Gasteiger partial charge >= 0.3 is 65.7 Å². The highest BCUT2D eigenvalue weighted by Gasteiger charge is 2.38. The molecule has 0 heterocycles. The first-order chi connectivity index (χ1) is 60.4. The third-order valence-electron chi connectivity index (χ3n) is 23.4. The van der Waals surface area contributed by atoms with E-state index in [0.29, 0.717) is 141 Å². The van der Waals surface area contributed by atoms with Crippen molar-refractivity contribution in [2.45, 2.75) is 543 Å². The molecule has 0 radical (unpaired) electrons.